The first-order valence-electron chi connectivity index (χ1n) is 8.53. The molecule has 26 heavy (non-hydrogen) atoms. The van der Waals surface area contributed by atoms with Gasteiger partial charge in [0.2, 0.25) is 15.9 Å². The van der Waals surface area contributed by atoms with Crippen molar-refractivity contribution in [3.8, 4) is 0 Å². The Bertz CT molecular complexity index is 931. The Balaban J connectivity index is 1.95. The number of amides is 1. The molecular formula is C19H23N3O3S. The Morgan fingerprint density at radius 1 is 1.38 bits per heavy atom. The summed E-state index contributed by atoms with van der Waals surface area (Å²) in [6.45, 7) is 7.71. The summed E-state index contributed by atoms with van der Waals surface area (Å²) in [5.41, 5.74) is 4.43. The second-order valence-electron chi connectivity index (χ2n) is 6.55. The molecular weight excluding hydrogens is 350 g/mol. The maximum atomic E-state index is 12.0. The molecule has 138 valence electrons. The zero-order valence-corrected chi connectivity index (χ0v) is 16.1. The molecule has 0 saturated heterocycles. The van der Waals surface area contributed by atoms with Gasteiger partial charge >= 0.3 is 0 Å². The highest BCUT2D eigenvalue weighted by Crippen LogP contribution is 2.33. The number of carbonyl (C=O) groups excluding carboxylic acids is 1. The predicted molar refractivity (Wildman–Crippen MR) is 104 cm³/mol. The SMILES string of the molecule is C=CC(=CC)C1CC(c2ccc3c(c2)CCN3S(C)(=O)=O)=NN1C(C)=O. The van der Waals surface area contributed by atoms with Crippen LogP contribution in [0.15, 0.2) is 47.6 Å². The lowest BCUT2D eigenvalue weighted by Crippen LogP contribution is -2.31. The highest BCUT2D eigenvalue weighted by molar-refractivity contribution is 7.92. The number of hydrazone groups is 1. The fourth-order valence-electron chi connectivity index (χ4n) is 3.58. The van der Waals surface area contributed by atoms with Gasteiger partial charge in [-0.05, 0) is 42.2 Å². The molecule has 0 radical (unpaired) electrons. The van der Waals surface area contributed by atoms with Crippen LogP contribution in [0.25, 0.3) is 0 Å². The molecule has 1 aromatic carbocycles. The molecule has 2 aliphatic heterocycles. The summed E-state index contributed by atoms with van der Waals surface area (Å²) >= 11 is 0. The van der Waals surface area contributed by atoms with Gasteiger partial charge in [0.1, 0.15) is 0 Å². The van der Waals surface area contributed by atoms with Gasteiger partial charge in [-0.3, -0.25) is 9.10 Å². The van der Waals surface area contributed by atoms with Crippen molar-refractivity contribution in [2.24, 2.45) is 5.10 Å². The van der Waals surface area contributed by atoms with E-state index in [1.54, 1.807) is 6.08 Å². The smallest absolute Gasteiger partial charge is 0.240 e. The fourth-order valence-corrected chi connectivity index (χ4v) is 4.53. The first kappa shape index (κ1) is 18.4. The van der Waals surface area contributed by atoms with Crippen LogP contribution in [0.3, 0.4) is 0 Å². The number of sulfonamides is 1. The quantitative estimate of drug-likeness (QED) is 0.761. The van der Waals surface area contributed by atoms with Gasteiger partial charge in [-0.2, -0.15) is 5.10 Å². The van der Waals surface area contributed by atoms with E-state index in [1.165, 1.54) is 22.5 Å². The number of fused-ring (bicyclic) bond motifs is 1. The Morgan fingerprint density at radius 3 is 2.69 bits per heavy atom. The molecule has 0 fully saturated rings. The van der Waals surface area contributed by atoms with Crippen molar-refractivity contribution in [3.05, 3.63) is 53.6 Å². The van der Waals surface area contributed by atoms with Crippen molar-refractivity contribution in [3.63, 3.8) is 0 Å². The molecule has 1 unspecified atom stereocenters. The second kappa shape index (κ2) is 6.72. The minimum Gasteiger partial charge on any atom is -0.273 e. The van der Waals surface area contributed by atoms with Crippen LogP contribution in [-0.2, 0) is 21.2 Å². The molecule has 0 bridgehead atoms. The summed E-state index contributed by atoms with van der Waals surface area (Å²) < 4.78 is 25.2. The van der Waals surface area contributed by atoms with Crippen molar-refractivity contribution in [2.45, 2.75) is 32.7 Å². The molecule has 0 aliphatic carbocycles. The lowest BCUT2D eigenvalue weighted by Gasteiger charge is -2.20. The maximum absolute atomic E-state index is 12.0. The van der Waals surface area contributed by atoms with Crippen LogP contribution in [0.1, 0.15) is 31.4 Å². The van der Waals surface area contributed by atoms with Crippen LogP contribution in [0.4, 0.5) is 5.69 Å². The fraction of sp³-hybridized carbons (Fsp3) is 0.368. The van der Waals surface area contributed by atoms with Gasteiger partial charge in [0.05, 0.1) is 23.7 Å². The number of hydrogen-bond acceptors (Lipinski definition) is 4. The molecule has 0 aromatic heterocycles. The molecule has 0 saturated carbocycles. The van der Waals surface area contributed by atoms with Gasteiger partial charge in [0, 0.05) is 19.9 Å². The lowest BCUT2D eigenvalue weighted by atomic mass is 9.97. The highest BCUT2D eigenvalue weighted by Gasteiger charge is 2.32. The van der Waals surface area contributed by atoms with Crippen LogP contribution in [0.2, 0.25) is 0 Å². The van der Waals surface area contributed by atoms with E-state index in [1.807, 2.05) is 31.2 Å². The van der Waals surface area contributed by atoms with E-state index in [0.717, 1.165) is 28.1 Å². The Kier molecular flexibility index (Phi) is 4.75. The van der Waals surface area contributed by atoms with Crippen molar-refractivity contribution in [2.75, 3.05) is 17.1 Å². The van der Waals surface area contributed by atoms with Crippen LogP contribution >= 0.6 is 0 Å². The number of nitrogens with zero attached hydrogens (tertiary/aromatic N) is 3. The molecule has 1 atom stereocenters. The monoisotopic (exact) mass is 373 g/mol. The van der Waals surface area contributed by atoms with E-state index in [0.29, 0.717) is 19.4 Å². The van der Waals surface area contributed by atoms with Crippen LogP contribution in [0.5, 0.6) is 0 Å². The third kappa shape index (κ3) is 3.19. The summed E-state index contributed by atoms with van der Waals surface area (Å²) in [6.07, 6.45) is 6.21. The number of carbonyl (C=O) groups is 1. The molecule has 1 aromatic rings. The summed E-state index contributed by atoms with van der Waals surface area (Å²) in [5, 5.41) is 6.03. The van der Waals surface area contributed by atoms with Gasteiger partial charge in [0.15, 0.2) is 0 Å². The zero-order chi connectivity index (χ0) is 19.1. The summed E-state index contributed by atoms with van der Waals surface area (Å²) in [7, 11) is -3.26. The van der Waals surface area contributed by atoms with Gasteiger partial charge in [0.25, 0.3) is 0 Å². The van der Waals surface area contributed by atoms with Gasteiger partial charge in [-0.1, -0.05) is 24.8 Å². The molecule has 6 nitrogen and oxygen atoms in total. The molecule has 1 amide bonds. The molecule has 0 spiro atoms. The minimum absolute atomic E-state index is 0.115. The van der Waals surface area contributed by atoms with Gasteiger partial charge in [-0.15, -0.1) is 0 Å². The highest BCUT2D eigenvalue weighted by atomic mass is 32.2. The van der Waals surface area contributed by atoms with E-state index in [9.17, 15) is 13.2 Å². The van der Waals surface area contributed by atoms with Crippen molar-refractivity contribution in [1.82, 2.24) is 5.01 Å². The van der Waals surface area contributed by atoms with Crippen LogP contribution in [0, 0.1) is 0 Å². The average molecular weight is 373 g/mol. The van der Waals surface area contributed by atoms with Gasteiger partial charge in [-0.25, -0.2) is 13.4 Å². The summed E-state index contributed by atoms with van der Waals surface area (Å²) in [5.74, 6) is -0.115. The molecule has 2 heterocycles. The zero-order valence-electron chi connectivity index (χ0n) is 15.3. The third-order valence-electron chi connectivity index (χ3n) is 4.85. The number of rotatable bonds is 4. The first-order chi connectivity index (χ1) is 12.3. The normalized spacial score (nSPS) is 20.2. The number of benzene rings is 1. The predicted octanol–water partition coefficient (Wildman–Crippen LogP) is 2.47. The van der Waals surface area contributed by atoms with Gasteiger partial charge < -0.3 is 0 Å². The average Bonchev–Trinajstić information content (AvgIpc) is 3.19. The van der Waals surface area contributed by atoms with Crippen molar-refractivity contribution < 1.29 is 13.2 Å². The minimum atomic E-state index is -3.26. The van der Waals surface area contributed by atoms with E-state index >= 15 is 0 Å². The van der Waals surface area contributed by atoms with Crippen molar-refractivity contribution >= 4 is 27.3 Å². The summed E-state index contributed by atoms with van der Waals surface area (Å²) in [6, 6.07) is 5.55. The Labute approximate surface area is 154 Å². The number of anilines is 1. The third-order valence-corrected chi connectivity index (χ3v) is 6.03. The topological polar surface area (TPSA) is 70.1 Å². The second-order valence-corrected chi connectivity index (χ2v) is 8.46. The molecule has 0 N–H and O–H groups in total. The number of allylic oxidation sites excluding steroid dienone is 1. The van der Waals surface area contributed by atoms with Crippen molar-refractivity contribution in [1.29, 1.82) is 0 Å². The Morgan fingerprint density at radius 2 is 2.12 bits per heavy atom. The van der Waals surface area contributed by atoms with E-state index in [-0.39, 0.29) is 11.9 Å². The van der Waals surface area contributed by atoms with E-state index < -0.39 is 10.0 Å². The number of hydrogen-bond donors (Lipinski definition) is 0. The molecule has 2 aliphatic rings. The van der Waals surface area contributed by atoms with E-state index in [2.05, 4.69) is 11.7 Å². The Hall–Kier alpha value is -2.41. The standard InChI is InChI=1S/C19H23N3O3S/c1-5-14(6-2)19-12-17(20-22(19)13(3)23)15-7-8-18-16(11-15)9-10-21(18)26(4,24)25/h5-8,11,19H,1,9-10,12H2,2-4H3. The summed E-state index contributed by atoms with van der Waals surface area (Å²) in [4.78, 5) is 12.0. The van der Waals surface area contributed by atoms with Crippen LogP contribution in [-0.4, -0.2) is 43.9 Å². The molecule has 3 rings (SSSR count). The molecule has 7 heteroatoms. The largest absolute Gasteiger partial charge is 0.273 e. The van der Waals surface area contributed by atoms with Crippen LogP contribution < -0.4 is 4.31 Å². The van der Waals surface area contributed by atoms with E-state index in [4.69, 9.17) is 0 Å². The lowest BCUT2D eigenvalue weighted by molar-refractivity contribution is -0.129. The first-order valence-corrected chi connectivity index (χ1v) is 10.4. The maximum Gasteiger partial charge on any atom is 0.240 e.